The maximum absolute atomic E-state index is 11.8. The molecule has 0 saturated carbocycles. The molecule has 7 nitrogen and oxygen atoms in total. The first-order valence-corrected chi connectivity index (χ1v) is 7.77. The fourth-order valence-corrected chi connectivity index (χ4v) is 2.40. The van der Waals surface area contributed by atoms with E-state index in [1.165, 1.54) is 0 Å². The highest BCUT2D eigenvalue weighted by atomic mass is 16.3. The minimum Gasteiger partial charge on any atom is -0.388 e. The molecule has 0 fully saturated rings. The number of aromatic nitrogens is 3. The highest BCUT2D eigenvalue weighted by molar-refractivity contribution is 5.73. The molecular formula is C17H19N5O2. The van der Waals surface area contributed by atoms with Crippen LogP contribution in [0.5, 0.6) is 0 Å². The van der Waals surface area contributed by atoms with Crippen molar-refractivity contribution in [3.63, 3.8) is 0 Å². The number of hydrogen-bond donors (Lipinski definition) is 3. The largest absolute Gasteiger partial charge is 0.388 e. The molecule has 1 unspecified atom stereocenters. The van der Waals surface area contributed by atoms with E-state index in [4.69, 9.17) is 0 Å². The average molecular weight is 325 g/mol. The van der Waals surface area contributed by atoms with Crippen LogP contribution in [0, 0.1) is 0 Å². The van der Waals surface area contributed by atoms with Crippen molar-refractivity contribution in [2.24, 2.45) is 0 Å². The van der Waals surface area contributed by atoms with Crippen molar-refractivity contribution >= 4 is 11.7 Å². The molecule has 3 aromatic rings. The summed E-state index contributed by atoms with van der Waals surface area (Å²) in [6, 6.07) is 14.7. The van der Waals surface area contributed by atoms with Crippen LogP contribution >= 0.6 is 0 Å². The zero-order chi connectivity index (χ0) is 16.8. The third-order valence-electron chi connectivity index (χ3n) is 3.68. The lowest BCUT2D eigenvalue weighted by atomic mass is 10.1. The number of nitrogens with zero attached hydrogens (tertiary/aromatic N) is 3. The number of carbonyl (C=O) groups excluding carboxylic acids is 1. The quantitative estimate of drug-likeness (QED) is 0.643. The van der Waals surface area contributed by atoms with E-state index < -0.39 is 6.10 Å². The van der Waals surface area contributed by atoms with Gasteiger partial charge >= 0.3 is 6.03 Å². The van der Waals surface area contributed by atoms with Crippen molar-refractivity contribution in [2.45, 2.75) is 19.1 Å². The van der Waals surface area contributed by atoms with Gasteiger partial charge in [-0.1, -0.05) is 36.4 Å². The number of aliphatic hydroxyl groups is 1. The van der Waals surface area contributed by atoms with E-state index in [0.29, 0.717) is 18.8 Å². The number of rotatable bonds is 6. The van der Waals surface area contributed by atoms with Gasteiger partial charge in [0.25, 0.3) is 0 Å². The van der Waals surface area contributed by atoms with E-state index in [2.05, 4.69) is 20.8 Å². The number of carbonyl (C=O) groups is 1. The second-order valence-corrected chi connectivity index (χ2v) is 5.37. The number of urea groups is 1. The minimum atomic E-state index is -0.591. The molecule has 0 aliphatic carbocycles. The van der Waals surface area contributed by atoms with E-state index in [1.54, 1.807) is 0 Å². The molecule has 0 radical (unpaired) electrons. The highest BCUT2D eigenvalue weighted by Crippen LogP contribution is 2.14. The van der Waals surface area contributed by atoms with Gasteiger partial charge in [-0.05, 0) is 24.1 Å². The van der Waals surface area contributed by atoms with Crippen molar-refractivity contribution in [1.82, 2.24) is 25.2 Å². The molecule has 7 heteroatoms. The van der Waals surface area contributed by atoms with Crippen LogP contribution in [0.1, 0.15) is 23.9 Å². The molecular weight excluding hydrogens is 306 g/mol. The monoisotopic (exact) mass is 325 g/mol. The molecule has 0 saturated heterocycles. The molecule has 24 heavy (non-hydrogen) atoms. The van der Waals surface area contributed by atoms with Gasteiger partial charge in [0.15, 0.2) is 11.5 Å². The summed E-state index contributed by atoms with van der Waals surface area (Å²) in [4.78, 5) is 11.8. The van der Waals surface area contributed by atoms with E-state index in [1.807, 2.05) is 59.1 Å². The number of aliphatic hydroxyl groups excluding tert-OH is 1. The zero-order valence-electron chi connectivity index (χ0n) is 13.1. The number of pyridine rings is 1. The third-order valence-corrected chi connectivity index (χ3v) is 3.68. The Morgan fingerprint density at radius 2 is 1.88 bits per heavy atom. The molecule has 2 heterocycles. The van der Waals surface area contributed by atoms with Crippen molar-refractivity contribution in [1.29, 1.82) is 0 Å². The lowest BCUT2D eigenvalue weighted by molar-refractivity contribution is 0.167. The Balaban J connectivity index is 1.43. The van der Waals surface area contributed by atoms with Crippen molar-refractivity contribution in [3.05, 3.63) is 66.1 Å². The maximum atomic E-state index is 11.8. The van der Waals surface area contributed by atoms with Gasteiger partial charge in [0, 0.05) is 12.7 Å². The fourth-order valence-electron chi connectivity index (χ4n) is 2.40. The average Bonchev–Trinajstić information content (AvgIpc) is 3.04. The van der Waals surface area contributed by atoms with Gasteiger partial charge in [0.05, 0.1) is 12.6 Å². The second kappa shape index (κ2) is 7.56. The molecule has 3 rings (SSSR count). The molecule has 0 aliphatic heterocycles. The first-order valence-electron chi connectivity index (χ1n) is 7.77. The predicted molar refractivity (Wildman–Crippen MR) is 89.2 cm³/mol. The number of nitrogens with one attached hydrogen (secondary N) is 2. The lowest BCUT2D eigenvalue weighted by Gasteiger charge is -2.12. The van der Waals surface area contributed by atoms with Gasteiger partial charge in [0.1, 0.15) is 0 Å². The SMILES string of the molecule is O=C(NCCC(O)c1ccccc1)NCc1nnc2ccccn12. The minimum absolute atomic E-state index is 0.276. The summed E-state index contributed by atoms with van der Waals surface area (Å²) in [6.07, 6.45) is 1.71. The van der Waals surface area contributed by atoms with Crippen molar-refractivity contribution in [2.75, 3.05) is 6.54 Å². The molecule has 1 atom stereocenters. The number of benzene rings is 1. The van der Waals surface area contributed by atoms with Crippen LogP contribution in [-0.2, 0) is 6.54 Å². The first kappa shape index (κ1) is 15.9. The van der Waals surface area contributed by atoms with Crippen LogP contribution in [0.25, 0.3) is 5.65 Å². The van der Waals surface area contributed by atoms with Gasteiger partial charge < -0.3 is 15.7 Å². The molecule has 3 N–H and O–H groups in total. The Bertz CT molecular complexity index is 803. The maximum Gasteiger partial charge on any atom is 0.315 e. The Labute approximate surface area is 139 Å². The van der Waals surface area contributed by atoms with Gasteiger partial charge in [-0.25, -0.2) is 4.79 Å². The number of hydrogen-bond acceptors (Lipinski definition) is 4. The first-order chi connectivity index (χ1) is 11.7. The van der Waals surface area contributed by atoms with Gasteiger partial charge in [0.2, 0.25) is 0 Å². The second-order valence-electron chi connectivity index (χ2n) is 5.37. The summed E-state index contributed by atoms with van der Waals surface area (Å²) < 4.78 is 1.82. The molecule has 2 amide bonds. The van der Waals surface area contributed by atoms with E-state index in [0.717, 1.165) is 11.2 Å². The Kier molecular flexibility index (Phi) is 5.02. The Hall–Kier alpha value is -2.93. The topological polar surface area (TPSA) is 91.5 Å². The molecule has 0 spiro atoms. The summed E-state index contributed by atoms with van der Waals surface area (Å²) in [7, 11) is 0. The highest BCUT2D eigenvalue weighted by Gasteiger charge is 2.09. The van der Waals surface area contributed by atoms with Gasteiger partial charge in [-0.2, -0.15) is 0 Å². The Morgan fingerprint density at radius 3 is 2.71 bits per heavy atom. The predicted octanol–water partition coefficient (Wildman–Crippen LogP) is 1.65. The lowest BCUT2D eigenvalue weighted by Crippen LogP contribution is -2.36. The van der Waals surface area contributed by atoms with Crippen LogP contribution in [0.2, 0.25) is 0 Å². The number of fused-ring (bicyclic) bond motifs is 1. The van der Waals surface area contributed by atoms with Crippen LogP contribution in [0.3, 0.4) is 0 Å². The van der Waals surface area contributed by atoms with Crippen molar-refractivity contribution in [3.8, 4) is 0 Å². The number of amides is 2. The zero-order valence-corrected chi connectivity index (χ0v) is 13.1. The van der Waals surface area contributed by atoms with Crippen LogP contribution < -0.4 is 10.6 Å². The molecule has 0 bridgehead atoms. The fraction of sp³-hybridized carbons (Fsp3) is 0.235. The van der Waals surface area contributed by atoms with Gasteiger partial charge in [-0.15, -0.1) is 10.2 Å². The smallest absolute Gasteiger partial charge is 0.315 e. The van der Waals surface area contributed by atoms with E-state index in [-0.39, 0.29) is 12.6 Å². The summed E-state index contributed by atoms with van der Waals surface area (Å²) in [5.74, 6) is 0.657. The third kappa shape index (κ3) is 3.88. The standard InChI is InChI=1S/C17H19N5O2/c23-14(13-6-2-1-3-7-13)9-10-18-17(24)19-12-16-21-20-15-8-4-5-11-22(15)16/h1-8,11,14,23H,9-10,12H2,(H2,18,19,24). The molecule has 124 valence electrons. The normalized spacial score (nSPS) is 12.0. The van der Waals surface area contributed by atoms with Crippen molar-refractivity contribution < 1.29 is 9.90 Å². The summed E-state index contributed by atoms with van der Waals surface area (Å²) in [5.41, 5.74) is 1.58. The van der Waals surface area contributed by atoms with Crippen LogP contribution in [-0.4, -0.2) is 32.3 Å². The summed E-state index contributed by atoms with van der Waals surface area (Å²) in [6.45, 7) is 0.653. The summed E-state index contributed by atoms with van der Waals surface area (Å²) >= 11 is 0. The van der Waals surface area contributed by atoms with E-state index in [9.17, 15) is 9.90 Å². The Morgan fingerprint density at radius 1 is 1.08 bits per heavy atom. The van der Waals surface area contributed by atoms with Crippen LogP contribution in [0.15, 0.2) is 54.7 Å². The molecule has 1 aromatic carbocycles. The van der Waals surface area contributed by atoms with Gasteiger partial charge in [-0.3, -0.25) is 4.40 Å². The molecule has 0 aliphatic rings. The van der Waals surface area contributed by atoms with E-state index >= 15 is 0 Å². The molecule has 2 aromatic heterocycles. The summed E-state index contributed by atoms with van der Waals surface area (Å²) in [5, 5.41) is 23.6. The van der Waals surface area contributed by atoms with Crippen LogP contribution in [0.4, 0.5) is 4.79 Å².